The minimum atomic E-state index is -3.60. The van der Waals surface area contributed by atoms with Crippen molar-refractivity contribution >= 4 is 27.2 Å². The van der Waals surface area contributed by atoms with E-state index in [0.717, 1.165) is 6.26 Å². The van der Waals surface area contributed by atoms with Gasteiger partial charge in [-0.05, 0) is 12.1 Å². The van der Waals surface area contributed by atoms with Gasteiger partial charge in [0.1, 0.15) is 17.3 Å². The molecule has 0 fully saturated rings. The van der Waals surface area contributed by atoms with Crippen LogP contribution in [0.25, 0.3) is 0 Å². The third-order valence-electron chi connectivity index (χ3n) is 3.61. The van der Waals surface area contributed by atoms with Gasteiger partial charge in [0.2, 0.25) is 0 Å². The lowest BCUT2D eigenvalue weighted by Crippen LogP contribution is -2.11. The molecule has 0 saturated heterocycles. The van der Waals surface area contributed by atoms with Crippen LogP contribution in [-0.2, 0) is 14.6 Å². The molecule has 1 aromatic carbocycles. The van der Waals surface area contributed by atoms with Crippen LogP contribution in [0.15, 0.2) is 27.7 Å². The summed E-state index contributed by atoms with van der Waals surface area (Å²) in [5.41, 5.74) is 0.383. The van der Waals surface area contributed by atoms with Crippen molar-refractivity contribution in [1.29, 1.82) is 0 Å². The van der Waals surface area contributed by atoms with Crippen LogP contribution in [-0.4, -0.2) is 45.9 Å². The molecule has 0 aliphatic rings. The summed E-state index contributed by atoms with van der Waals surface area (Å²) in [6.45, 7) is 4.05. The van der Waals surface area contributed by atoms with Crippen molar-refractivity contribution < 1.29 is 27.2 Å². The van der Waals surface area contributed by atoms with Gasteiger partial charge in [-0.25, -0.2) is 8.42 Å². The van der Waals surface area contributed by atoms with Crippen LogP contribution in [0.1, 0.15) is 41.4 Å². The van der Waals surface area contributed by atoms with Crippen LogP contribution in [0.2, 0.25) is 5.02 Å². The first kappa shape index (κ1) is 20.4. The Bertz CT molecular complexity index is 904. The average molecular weight is 402 g/mol. The summed E-state index contributed by atoms with van der Waals surface area (Å²) in [6.07, 6.45) is 2.37. The summed E-state index contributed by atoms with van der Waals surface area (Å²) < 4.78 is 39.6. The van der Waals surface area contributed by atoms with Crippen LogP contribution >= 0.6 is 11.6 Å². The van der Waals surface area contributed by atoms with Crippen LogP contribution in [0, 0.1) is 0 Å². The van der Waals surface area contributed by atoms with Gasteiger partial charge in [0, 0.05) is 24.8 Å². The quantitative estimate of drug-likeness (QED) is 0.495. The maximum absolute atomic E-state index is 12.9. The van der Waals surface area contributed by atoms with Crippen molar-refractivity contribution in [2.45, 2.75) is 24.7 Å². The van der Waals surface area contributed by atoms with Gasteiger partial charge in [0.15, 0.2) is 21.4 Å². The summed E-state index contributed by atoms with van der Waals surface area (Å²) in [4.78, 5) is 12.8. The zero-order chi connectivity index (χ0) is 19.5. The highest BCUT2D eigenvalue weighted by Gasteiger charge is 2.27. The first-order valence-corrected chi connectivity index (χ1v) is 10.1. The van der Waals surface area contributed by atoms with E-state index in [4.69, 9.17) is 25.6 Å². The molecule has 0 saturated carbocycles. The lowest BCUT2D eigenvalue weighted by molar-refractivity contribution is 0.103. The molecule has 0 amide bonds. The second-order valence-electron chi connectivity index (χ2n) is 5.96. The van der Waals surface area contributed by atoms with E-state index in [0.29, 0.717) is 5.76 Å². The number of benzene rings is 1. The van der Waals surface area contributed by atoms with E-state index in [-0.39, 0.29) is 45.9 Å². The second kappa shape index (κ2) is 8.20. The smallest absolute Gasteiger partial charge is 0.199 e. The van der Waals surface area contributed by atoms with Crippen LogP contribution in [0.4, 0.5) is 0 Å². The molecule has 0 bridgehead atoms. The molecule has 9 heteroatoms. The fraction of sp³-hybridized carbons (Fsp3) is 0.412. The molecular formula is C17H20ClNO6S. The van der Waals surface area contributed by atoms with Crippen molar-refractivity contribution in [3.05, 3.63) is 40.2 Å². The predicted octanol–water partition coefficient (Wildman–Crippen LogP) is 3.11. The third-order valence-corrected chi connectivity index (χ3v) is 5.10. The van der Waals surface area contributed by atoms with Crippen LogP contribution in [0.3, 0.4) is 0 Å². The summed E-state index contributed by atoms with van der Waals surface area (Å²) in [7, 11) is -2.12. The number of ketones is 1. The molecule has 1 heterocycles. The highest BCUT2D eigenvalue weighted by Crippen LogP contribution is 2.37. The molecule has 0 unspecified atom stereocenters. The van der Waals surface area contributed by atoms with Crippen LogP contribution in [0.5, 0.6) is 5.75 Å². The van der Waals surface area contributed by atoms with Crippen molar-refractivity contribution in [3.63, 3.8) is 0 Å². The maximum Gasteiger partial charge on any atom is 0.199 e. The van der Waals surface area contributed by atoms with Gasteiger partial charge in [-0.1, -0.05) is 30.6 Å². The Hall–Kier alpha value is -1.90. The second-order valence-corrected chi connectivity index (χ2v) is 8.32. The van der Waals surface area contributed by atoms with Gasteiger partial charge >= 0.3 is 0 Å². The van der Waals surface area contributed by atoms with Gasteiger partial charge in [0.05, 0.1) is 23.4 Å². The lowest BCUT2D eigenvalue weighted by atomic mass is 9.99. The highest BCUT2D eigenvalue weighted by molar-refractivity contribution is 7.90. The number of methoxy groups -OCH3 is 1. The molecule has 0 aliphatic carbocycles. The molecule has 0 radical (unpaired) electrons. The number of rotatable bonds is 8. The number of carbonyl (C=O) groups excluding carboxylic acids is 1. The molecule has 2 rings (SSSR count). The van der Waals surface area contributed by atoms with Gasteiger partial charge in [-0.15, -0.1) is 0 Å². The summed E-state index contributed by atoms with van der Waals surface area (Å²) in [5.74, 6) is -0.112. The molecule has 7 nitrogen and oxygen atoms in total. The maximum atomic E-state index is 12.9. The van der Waals surface area contributed by atoms with Gasteiger partial charge < -0.3 is 14.0 Å². The fourth-order valence-corrected chi connectivity index (χ4v) is 3.52. The SMILES string of the molecule is COCCOc1c(S(C)(=O)=O)ccc(C(=O)c2cnoc2C(C)C)c1Cl. The number of carbonyl (C=O) groups is 1. The minimum Gasteiger partial charge on any atom is -0.488 e. The van der Waals surface area contributed by atoms with E-state index in [2.05, 4.69) is 5.16 Å². The molecule has 0 N–H and O–H groups in total. The van der Waals surface area contributed by atoms with Gasteiger partial charge in [-0.3, -0.25) is 4.79 Å². The number of halogens is 1. The number of hydrogen-bond acceptors (Lipinski definition) is 7. The normalized spacial score (nSPS) is 11.8. The summed E-state index contributed by atoms with van der Waals surface area (Å²) in [5, 5.41) is 3.60. The average Bonchev–Trinajstić information content (AvgIpc) is 3.04. The van der Waals surface area contributed by atoms with Gasteiger partial charge in [0.25, 0.3) is 0 Å². The van der Waals surface area contributed by atoms with Gasteiger partial charge in [-0.2, -0.15) is 0 Å². The zero-order valence-electron chi connectivity index (χ0n) is 14.9. The van der Waals surface area contributed by atoms with E-state index in [1.54, 1.807) is 0 Å². The number of aromatic nitrogens is 1. The van der Waals surface area contributed by atoms with Crippen molar-refractivity contribution in [3.8, 4) is 5.75 Å². The molecule has 2 aromatic rings. The standard InChI is InChI=1S/C17H20ClNO6S/c1-10(2)16-12(9-19-25-16)15(20)11-5-6-13(26(4,21)22)17(14(11)18)24-8-7-23-3/h5-6,9-10H,7-8H2,1-4H3. The Labute approximate surface area is 157 Å². The van der Waals surface area contributed by atoms with E-state index in [1.165, 1.54) is 25.4 Å². The third kappa shape index (κ3) is 4.25. The Morgan fingerprint density at radius 1 is 1.27 bits per heavy atom. The van der Waals surface area contributed by atoms with Crippen molar-refractivity contribution in [2.75, 3.05) is 26.6 Å². The number of sulfone groups is 1. The predicted molar refractivity (Wildman–Crippen MR) is 96.0 cm³/mol. The van der Waals surface area contributed by atoms with Crippen molar-refractivity contribution in [2.24, 2.45) is 0 Å². The molecule has 0 aliphatic heterocycles. The summed E-state index contributed by atoms with van der Waals surface area (Å²) in [6, 6.07) is 2.67. The largest absolute Gasteiger partial charge is 0.488 e. The highest BCUT2D eigenvalue weighted by atomic mass is 35.5. The number of nitrogens with zero attached hydrogens (tertiary/aromatic N) is 1. The lowest BCUT2D eigenvalue weighted by Gasteiger charge is -2.14. The molecule has 142 valence electrons. The molecule has 0 atom stereocenters. The van der Waals surface area contributed by atoms with Crippen molar-refractivity contribution in [1.82, 2.24) is 5.16 Å². The Kier molecular flexibility index (Phi) is 6.44. The molecule has 0 spiro atoms. The molecular weight excluding hydrogens is 382 g/mol. The first-order chi connectivity index (χ1) is 12.2. The van der Waals surface area contributed by atoms with E-state index in [1.807, 2.05) is 13.8 Å². The number of ether oxygens (including phenoxy) is 2. The summed E-state index contributed by atoms with van der Waals surface area (Å²) >= 11 is 6.34. The minimum absolute atomic E-state index is 0.0528. The topological polar surface area (TPSA) is 95.7 Å². The monoisotopic (exact) mass is 401 g/mol. The van der Waals surface area contributed by atoms with E-state index < -0.39 is 15.6 Å². The Morgan fingerprint density at radius 3 is 2.54 bits per heavy atom. The zero-order valence-corrected chi connectivity index (χ0v) is 16.5. The van der Waals surface area contributed by atoms with E-state index in [9.17, 15) is 13.2 Å². The Morgan fingerprint density at radius 2 is 1.96 bits per heavy atom. The molecule has 26 heavy (non-hydrogen) atoms. The van der Waals surface area contributed by atoms with E-state index >= 15 is 0 Å². The Balaban J connectivity index is 2.54. The van der Waals surface area contributed by atoms with Crippen LogP contribution < -0.4 is 4.74 Å². The molecule has 1 aromatic heterocycles. The number of hydrogen-bond donors (Lipinski definition) is 0. The fourth-order valence-electron chi connectivity index (χ4n) is 2.35. The first-order valence-electron chi connectivity index (χ1n) is 7.82.